The van der Waals surface area contributed by atoms with E-state index in [0.29, 0.717) is 66.8 Å². The van der Waals surface area contributed by atoms with Crippen LogP contribution in [0.2, 0.25) is 0 Å². The summed E-state index contributed by atoms with van der Waals surface area (Å²) in [4.78, 5) is 10.7. The van der Waals surface area contributed by atoms with Gasteiger partial charge in [0.25, 0.3) is 0 Å². The van der Waals surface area contributed by atoms with Crippen LogP contribution in [0.15, 0.2) is 22.1 Å². The first-order chi connectivity index (χ1) is 28.9. The highest BCUT2D eigenvalue weighted by Crippen LogP contribution is 2.69. The predicted molar refractivity (Wildman–Crippen MR) is 250 cm³/mol. The molecule has 0 aromatic heterocycles. The minimum absolute atomic E-state index is 0.127. The molecule has 0 heterocycles. The molecule has 4 aromatic carbocycles. The SMILES string of the molecule is Cc1cc2c(C(C)C)c(O)c(O)c(C=NC34CC5C[C@@](C)(C3)C[C@](C)(C5)C4)c2c(O)c1-c1c(C)cc2c(C(C)C)c(O)c(O)c(C=NC34CC5C[C@@](C)(C3)C[C@](C)(C5)C4)c2c1O. The van der Waals surface area contributed by atoms with Gasteiger partial charge in [-0.15, -0.1) is 0 Å². The van der Waals surface area contributed by atoms with Gasteiger partial charge in [0.2, 0.25) is 0 Å². The quantitative estimate of drug-likeness (QED) is 0.0807. The smallest absolute Gasteiger partial charge is 0.167 e. The van der Waals surface area contributed by atoms with Gasteiger partial charge >= 0.3 is 0 Å². The molecule has 330 valence electrons. The van der Waals surface area contributed by atoms with E-state index >= 15 is 0 Å². The maximum atomic E-state index is 12.8. The Balaban J connectivity index is 1.19. The number of phenols is 6. The molecular formula is C54H68N2O6. The van der Waals surface area contributed by atoms with Crippen LogP contribution in [0.1, 0.15) is 178 Å². The molecule has 8 fully saturated rings. The number of fused-ring (bicyclic) bond motifs is 2. The van der Waals surface area contributed by atoms with Crippen molar-refractivity contribution in [1.82, 2.24) is 0 Å². The van der Waals surface area contributed by atoms with Gasteiger partial charge in [-0.1, -0.05) is 67.5 Å². The molecule has 8 bridgehead atoms. The Morgan fingerprint density at radius 3 is 1.10 bits per heavy atom. The number of aromatic hydroxyl groups is 6. The summed E-state index contributed by atoms with van der Waals surface area (Å²) < 4.78 is 0. The summed E-state index contributed by atoms with van der Waals surface area (Å²) in [5, 5.41) is 74.8. The molecule has 8 aliphatic rings. The van der Waals surface area contributed by atoms with E-state index in [9.17, 15) is 30.6 Å². The summed E-state index contributed by atoms with van der Waals surface area (Å²) in [7, 11) is 0. The minimum Gasteiger partial charge on any atom is -0.507 e. The number of hydrogen-bond acceptors (Lipinski definition) is 8. The normalized spacial score (nSPS) is 34.8. The first-order valence-electron chi connectivity index (χ1n) is 23.5. The van der Waals surface area contributed by atoms with E-state index < -0.39 is 0 Å². The first kappa shape index (κ1) is 41.5. The molecule has 4 aromatic rings. The monoisotopic (exact) mass is 841 g/mol. The largest absolute Gasteiger partial charge is 0.507 e. The second-order valence-corrected chi connectivity index (χ2v) is 24.3. The average Bonchev–Trinajstić information content (AvgIpc) is 3.10. The van der Waals surface area contributed by atoms with Gasteiger partial charge in [0.15, 0.2) is 23.0 Å². The standard InChI is InChI=1S/C54H68N2O6/c1-27(2)37-33-11-29(5)39(45(59)41(33)35(43(57)47(37)61)19-55-53-17-31-13-49(7,23-53)21-50(8,14-31)24-53)40-30(6)12-34-38(28(3)4)48(62)44(58)36(42(34)46(40)60)20-56-54-18-32-15-51(9,25-54)22-52(10,16-32)26-54/h11-12,19-20,27-28,31-32,57-62H,13-18,21-26H2,1-10H3/t31?,32?,49-,50+,51-,52+,53?,54?. The highest BCUT2D eigenvalue weighted by molar-refractivity contribution is 6.15. The Labute approximate surface area is 367 Å². The number of benzene rings is 4. The number of rotatable bonds is 7. The first-order valence-corrected chi connectivity index (χ1v) is 23.5. The van der Waals surface area contributed by atoms with E-state index in [2.05, 4.69) is 27.7 Å². The molecule has 0 saturated heterocycles. The van der Waals surface area contributed by atoms with Crippen molar-refractivity contribution in [1.29, 1.82) is 0 Å². The Bertz CT molecular complexity index is 2470. The summed E-state index contributed by atoms with van der Waals surface area (Å²) >= 11 is 0. The Kier molecular flexibility index (Phi) is 8.75. The molecule has 0 amide bonds. The maximum Gasteiger partial charge on any atom is 0.167 e. The van der Waals surface area contributed by atoms with Crippen molar-refractivity contribution in [2.75, 3.05) is 0 Å². The van der Waals surface area contributed by atoms with E-state index in [4.69, 9.17) is 9.98 Å². The lowest BCUT2D eigenvalue weighted by atomic mass is 9.43. The van der Waals surface area contributed by atoms with Crippen molar-refractivity contribution in [3.63, 3.8) is 0 Å². The zero-order valence-electron chi connectivity index (χ0n) is 38.7. The van der Waals surface area contributed by atoms with Crippen LogP contribution in [0, 0.1) is 47.3 Å². The van der Waals surface area contributed by atoms with E-state index in [1.807, 2.05) is 53.7 Å². The highest BCUT2D eigenvalue weighted by Gasteiger charge is 2.61. The maximum absolute atomic E-state index is 12.8. The number of hydrogen-bond donors (Lipinski definition) is 6. The third kappa shape index (κ3) is 6.03. The van der Waals surface area contributed by atoms with Crippen LogP contribution in [-0.2, 0) is 0 Å². The Hall–Kier alpha value is -4.46. The molecule has 8 atom stereocenters. The van der Waals surface area contributed by atoms with Crippen molar-refractivity contribution in [3.05, 3.63) is 45.5 Å². The summed E-state index contributed by atoms with van der Waals surface area (Å²) in [5.74, 6) is -0.477. The van der Waals surface area contributed by atoms with Crippen LogP contribution < -0.4 is 0 Å². The fraction of sp³-hybridized carbons (Fsp3) is 0.593. The Morgan fingerprint density at radius 1 is 0.484 bits per heavy atom. The molecule has 0 aliphatic heterocycles. The third-order valence-electron chi connectivity index (χ3n) is 17.1. The van der Waals surface area contributed by atoms with E-state index in [1.54, 1.807) is 12.4 Å². The number of aliphatic imine (C=N–C) groups is 2. The summed E-state index contributed by atoms with van der Waals surface area (Å²) in [6, 6.07) is 3.88. The van der Waals surface area contributed by atoms with Crippen molar-refractivity contribution in [2.45, 2.75) is 169 Å². The lowest BCUT2D eigenvalue weighted by Crippen LogP contribution is -2.57. The van der Waals surface area contributed by atoms with Gasteiger partial charge in [0.05, 0.1) is 11.1 Å². The van der Waals surface area contributed by atoms with Gasteiger partial charge in [0.1, 0.15) is 11.5 Å². The molecule has 8 nitrogen and oxygen atoms in total. The molecule has 4 unspecified atom stereocenters. The second-order valence-electron chi connectivity index (χ2n) is 24.3. The van der Waals surface area contributed by atoms with Crippen molar-refractivity contribution < 1.29 is 30.6 Å². The van der Waals surface area contributed by atoms with Gasteiger partial charge in [0, 0.05) is 56.6 Å². The molecular weight excluding hydrogens is 773 g/mol. The molecule has 8 heteroatoms. The second kappa shape index (κ2) is 13.1. The molecule has 0 radical (unpaired) electrons. The van der Waals surface area contributed by atoms with Crippen molar-refractivity contribution in [3.8, 4) is 45.6 Å². The van der Waals surface area contributed by atoms with Gasteiger partial charge < -0.3 is 30.6 Å². The fourth-order valence-electron chi connectivity index (χ4n) is 17.1. The number of nitrogens with zero attached hydrogens (tertiary/aromatic N) is 2. The van der Waals surface area contributed by atoms with E-state index in [1.165, 1.54) is 38.5 Å². The van der Waals surface area contributed by atoms with Gasteiger partial charge in [-0.25, -0.2) is 0 Å². The molecule has 6 N–H and O–H groups in total. The van der Waals surface area contributed by atoms with Crippen LogP contribution in [0.4, 0.5) is 0 Å². The van der Waals surface area contributed by atoms with Crippen LogP contribution in [0.5, 0.6) is 34.5 Å². The molecule has 8 aliphatic carbocycles. The molecule has 12 rings (SSSR count). The van der Waals surface area contributed by atoms with E-state index in [-0.39, 0.29) is 90.2 Å². The van der Waals surface area contributed by atoms with Gasteiger partial charge in [-0.2, -0.15) is 0 Å². The molecule has 8 saturated carbocycles. The van der Waals surface area contributed by atoms with E-state index in [0.717, 1.165) is 38.5 Å². The van der Waals surface area contributed by atoms with Crippen LogP contribution in [0.3, 0.4) is 0 Å². The number of phenolic OH excluding ortho intramolecular Hbond substituents is 6. The third-order valence-corrected chi connectivity index (χ3v) is 17.1. The lowest BCUT2D eigenvalue weighted by Gasteiger charge is -2.64. The van der Waals surface area contributed by atoms with Crippen LogP contribution >= 0.6 is 0 Å². The van der Waals surface area contributed by atoms with Crippen molar-refractivity contribution >= 4 is 34.0 Å². The molecule has 62 heavy (non-hydrogen) atoms. The fourth-order valence-corrected chi connectivity index (χ4v) is 17.1. The van der Waals surface area contributed by atoms with Gasteiger partial charge in [-0.3, -0.25) is 9.98 Å². The minimum atomic E-state index is -0.315. The van der Waals surface area contributed by atoms with Gasteiger partial charge in [-0.05, 0) is 158 Å². The zero-order valence-corrected chi connectivity index (χ0v) is 38.7. The highest BCUT2D eigenvalue weighted by atomic mass is 16.3. The number of aryl methyl sites for hydroxylation is 2. The zero-order chi connectivity index (χ0) is 44.4. The lowest BCUT2D eigenvalue weighted by molar-refractivity contribution is -0.104. The van der Waals surface area contributed by atoms with Crippen LogP contribution in [0.25, 0.3) is 32.7 Å². The van der Waals surface area contributed by atoms with Crippen molar-refractivity contribution in [2.24, 2.45) is 43.5 Å². The Morgan fingerprint density at radius 2 is 0.806 bits per heavy atom. The van der Waals surface area contributed by atoms with Crippen LogP contribution in [-0.4, -0.2) is 54.1 Å². The topological polar surface area (TPSA) is 146 Å². The summed E-state index contributed by atoms with van der Waals surface area (Å²) in [6.07, 6.45) is 16.6. The molecule has 0 spiro atoms. The average molecular weight is 841 g/mol. The summed E-state index contributed by atoms with van der Waals surface area (Å²) in [5.41, 5.74) is 4.00. The summed E-state index contributed by atoms with van der Waals surface area (Å²) in [6.45, 7) is 21.2. The predicted octanol–water partition coefficient (Wildman–Crippen LogP) is 13.1.